The van der Waals surface area contributed by atoms with Crippen molar-refractivity contribution in [2.24, 2.45) is 7.05 Å². The number of anilines is 1. The molecule has 0 aliphatic carbocycles. The molecule has 0 spiro atoms. The third-order valence-electron chi connectivity index (χ3n) is 4.37. The lowest BCUT2D eigenvalue weighted by Crippen LogP contribution is -2.33. The first-order chi connectivity index (χ1) is 10.6. The zero-order valence-electron chi connectivity index (χ0n) is 13.2. The third kappa shape index (κ3) is 3.22. The van der Waals surface area contributed by atoms with Gasteiger partial charge in [-0.3, -0.25) is 9.69 Å². The standard InChI is InChI=1S/C18H23N3O/c1-14-7-9-15(10-8-14)19-18(22)13-21-12-4-6-17(21)16-5-3-11-20(16)2/h3,5,7-11,17H,4,6,12-13H2,1-2H3,(H,19,22). The summed E-state index contributed by atoms with van der Waals surface area (Å²) in [4.78, 5) is 14.6. The van der Waals surface area contributed by atoms with Crippen molar-refractivity contribution in [3.63, 3.8) is 0 Å². The predicted octanol–water partition coefficient (Wildman–Crippen LogP) is 3.11. The number of nitrogens with zero attached hydrogens (tertiary/aromatic N) is 2. The van der Waals surface area contributed by atoms with Gasteiger partial charge >= 0.3 is 0 Å². The first-order valence-corrected chi connectivity index (χ1v) is 7.85. The molecule has 2 aromatic rings. The molecule has 0 saturated carbocycles. The minimum Gasteiger partial charge on any atom is -0.353 e. The first-order valence-electron chi connectivity index (χ1n) is 7.85. The number of aromatic nitrogens is 1. The summed E-state index contributed by atoms with van der Waals surface area (Å²) in [5.74, 6) is 0.0602. The van der Waals surface area contributed by atoms with E-state index in [1.54, 1.807) is 0 Å². The maximum Gasteiger partial charge on any atom is 0.238 e. The Morgan fingerprint density at radius 1 is 1.27 bits per heavy atom. The van der Waals surface area contributed by atoms with Crippen LogP contribution < -0.4 is 5.32 Å². The molecule has 0 radical (unpaired) electrons. The number of aryl methyl sites for hydroxylation is 2. The van der Waals surface area contributed by atoms with E-state index in [4.69, 9.17) is 0 Å². The molecule has 1 aliphatic rings. The Balaban J connectivity index is 1.63. The van der Waals surface area contributed by atoms with Gasteiger partial charge in [0, 0.05) is 24.6 Å². The molecule has 4 heteroatoms. The summed E-state index contributed by atoms with van der Waals surface area (Å²) in [6.45, 7) is 3.47. The zero-order valence-corrected chi connectivity index (χ0v) is 13.2. The molecule has 1 amide bonds. The van der Waals surface area contributed by atoms with Crippen molar-refractivity contribution >= 4 is 11.6 Å². The Bertz CT molecular complexity index is 645. The van der Waals surface area contributed by atoms with Crippen molar-refractivity contribution in [3.05, 3.63) is 53.9 Å². The summed E-state index contributed by atoms with van der Waals surface area (Å²) in [7, 11) is 2.07. The second-order valence-electron chi connectivity index (χ2n) is 6.09. The molecular weight excluding hydrogens is 274 g/mol. The molecule has 1 fully saturated rings. The van der Waals surface area contributed by atoms with Crippen LogP contribution in [0.15, 0.2) is 42.6 Å². The number of benzene rings is 1. The second-order valence-corrected chi connectivity index (χ2v) is 6.09. The Hall–Kier alpha value is -2.07. The van der Waals surface area contributed by atoms with Crippen LogP contribution >= 0.6 is 0 Å². The summed E-state index contributed by atoms with van der Waals surface area (Å²) in [6, 6.07) is 12.5. The largest absolute Gasteiger partial charge is 0.353 e. The van der Waals surface area contributed by atoms with Gasteiger partial charge in [-0.1, -0.05) is 17.7 Å². The lowest BCUT2D eigenvalue weighted by Gasteiger charge is -2.24. The molecule has 116 valence electrons. The fraction of sp³-hybridized carbons (Fsp3) is 0.389. The van der Waals surface area contributed by atoms with Crippen molar-refractivity contribution < 1.29 is 4.79 Å². The first kappa shape index (κ1) is 14.9. The average Bonchev–Trinajstić information content (AvgIpc) is 3.10. The smallest absolute Gasteiger partial charge is 0.238 e. The van der Waals surface area contributed by atoms with Gasteiger partial charge in [0.15, 0.2) is 0 Å². The number of carbonyl (C=O) groups excluding carboxylic acids is 1. The molecule has 22 heavy (non-hydrogen) atoms. The molecule has 1 N–H and O–H groups in total. The molecule has 1 aromatic heterocycles. The highest BCUT2D eigenvalue weighted by atomic mass is 16.2. The average molecular weight is 297 g/mol. The number of rotatable bonds is 4. The lowest BCUT2D eigenvalue weighted by molar-refractivity contribution is -0.117. The fourth-order valence-electron chi connectivity index (χ4n) is 3.19. The van der Waals surface area contributed by atoms with E-state index in [-0.39, 0.29) is 5.91 Å². The Kier molecular flexibility index (Phi) is 4.29. The van der Waals surface area contributed by atoms with Crippen molar-refractivity contribution in [2.45, 2.75) is 25.8 Å². The number of hydrogen-bond donors (Lipinski definition) is 1. The quantitative estimate of drug-likeness (QED) is 0.941. The van der Waals surface area contributed by atoms with Gasteiger partial charge < -0.3 is 9.88 Å². The van der Waals surface area contributed by atoms with Crippen LogP contribution in [0.5, 0.6) is 0 Å². The maximum atomic E-state index is 12.3. The van der Waals surface area contributed by atoms with E-state index >= 15 is 0 Å². The van der Waals surface area contributed by atoms with Gasteiger partial charge in [0.2, 0.25) is 5.91 Å². The number of amides is 1. The van der Waals surface area contributed by atoms with Crippen LogP contribution in [0, 0.1) is 6.92 Å². The van der Waals surface area contributed by atoms with Crippen LogP contribution in [-0.2, 0) is 11.8 Å². The minimum absolute atomic E-state index is 0.0602. The summed E-state index contributed by atoms with van der Waals surface area (Å²) in [6.07, 6.45) is 4.33. The summed E-state index contributed by atoms with van der Waals surface area (Å²) in [5.41, 5.74) is 3.35. The maximum absolute atomic E-state index is 12.3. The summed E-state index contributed by atoms with van der Waals surface area (Å²) in [5, 5.41) is 2.99. The van der Waals surface area contributed by atoms with Gasteiger partial charge in [-0.15, -0.1) is 0 Å². The molecule has 1 unspecified atom stereocenters. The van der Waals surface area contributed by atoms with Crippen molar-refractivity contribution in [2.75, 3.05) is 18.4 Å². The van der Waals surface area contributed by atoms with Gasteiger partial charge in [-0.2, -0.15) is 0 Å². The highest BCUT2D eigenvalue weighted by molar-refractivity contribution is 5.92. The van der Waals surface area contributed by atoms with Crippen LogP contribution in [0.2, 0.25) is 0 Å². The van der Waals surface area contributed by atoms with Crippen LogP contribution in [0.4, 0.5) is 5.69 Å². The van der Waals surface area contributed by atoms with E-state index < -0.39 is 0 Å². The van der Waals surface area contributed by atoms with E-state index in [1.165, 1.54) is 11.3 Å². The molecular formula is C18H23N3O. The molecule has 1 atom stereocenters. The molecule has 3 rings (SSSR count). The Labute approximate surface area is 131 Å². The van der Waals surface area contributed by atoms with Gasteiger partial charge in [0.1, 0.15) is 0 Å². The molecule has 1 aliphatic heterocycles. The molecule has 1 saturated heterocycles. The molecule has 0 bridgehead atoms. The second kappa shape index (κ2) is 6.36. The highest BCUT2D eigenvalue weighted by Gasteiger charge is 2.28. The number of hydrogen-bond acceptors (Lipinski definition) is 2. The van der Waals surface area contributed by atoms with Crippen LogP contribution in [0.3, 0.4) is 0 Å². The van der Waals surface area contributed by atoms with E-state index in [9.17, 15) is 4.79 Å². The fourth-order valence-corrected chi connectivity index (χ4v) is 3.19. The van der Waals surface area contributed by atoms with Crippen molar-refractivity contribution in [3.8, 4) is 0 Å². The summed E-state index contributed by atoms with van der Waals surface area (Å²) >= 11 is 0. The topological polar surface area (TPSA) is 37.3 Å². The monoisotopic (exact) mass is 297 g/mol. The third-order valence-corrected chi connectivity index (χ3v) is 4.37. The van der Waals surface area contributed by atoms with Crippen LogP contribution in [-0.4, -0.2) is 28.5 Å². The molecule has 1 aromatic carbocycles. The van der Waals surface area contributed by atoms with Gasteiger partial charge in [0.25, 0.3) is 0 Å². The van der Waals surface area contributed by atoms with Crippen molar-refractivity contribution in [1.82, 2.24) is 9.47 Å². The highest BCUT2D eigenvalue weighted by Crippen LogP contribution is 2.31. The summed E-state index contributed by atoms with van der Waals surface area (Å²) < 4.78 is 2.15. The SMILES string of the molecule is Cc1ccc(NC(=O)CN2CCCC2c2cccn2C)cc1. The molecule has 4 nitrogen and oxygen atoms in total. The Morgan fingerprint density at radius 2 is 2.05 bits per heavy atom. The Morgan fingerprint density at radius 3 is 2.73 bits per heavy atom. The lowest BCUT2D eigenvalue weighted by atomic mass is 10.1. The van der Waals surface area contributed by atoms with E-state index in [0.717, 1.165) is 25.1 Å². The van der Waals surface area contributed by atoms with Crippen LogP contribution in [0.1, 0.15) is 30.1 Å². The van der Waals surface area contributed by atoms with Crippen molar-refractivity contribution in [1.29, 1.82) is 0 Å². The van der Waals surface area contributed by atoms with Crippen LogP contribution in [0.25, 0.3) is 0 Å². The molecule has 2 heterocycles. The minimum atomic E-state index is 0.0602. The number of carbonyl (C=O) groups is 1. The van der Waals surface area contributed by atoms with Gasteiger partial charge in [0.05, 0.1) is 12.6 Å². The zero-order chi connectivity index (χ0) is 15.5. The number of nitrogens with one attached hydrogen (secondary N) is 1. The number of likely N-dealkylation sites (tertiary alicyclic amines) is 1. The normalized spacial score (nSPS) is 18.5. The van der Waals surface area contributed by atoms with E-state index in [1.807, 2.05) is 31.2 Å². The van der Waals surface area contributed by atoms with E-state index in [2.05, 4.69) is 40.2 Å². The van der Waals surface area contributed by atoms with Gasteiger partial charge in [-0.25, -0.2) is 0 Å². The van der Waals surface area contributed by atoms with E-state index in [0.29, 0.717) is 12.6 Å². The predicted molar refractivity (Wildman–Crippen MR) is 88.8 cm³/mol. The van der Waals surface area contributed by atoms with Gasteiger partial charge in [-0.05, 0) is 50.6 Å².